The molecule has 0 spiro atoms. The van der Waals surface area contributed by atoms with E-state index >= 15 is 0 Å². The van der Waals surface area contributed by atoms with Gasteiger partial charge in [-0.2, -0.15) is 0 Å². The molecule has 1 aliphatic rings. The first-order valence-corrected chi connectivity index (χ1v) is 9.10. The molecular formula is C20H22ClN3. The Kier molecular flexibility index (Phi) is 4.19. The summed E-state index contributed by atoms with van der Waals surface area (Å²) in [5.41, 5.74) is 4.30. The maximum absolute atomic E-state index is 6.06. The summed E-state index contributed by atoms with van der Waals surface area (Å²) in [4.78, 5) is 4.93. The first-order chi connectivity index (χ1) is 11.7. The zero-order valence-corrected chi connectivity index (χ0v) is 14.7. The van der Waals surface area contributed by atoms with Gasteiger partial charge in [-0.05, 0) is 43.5 Å². The maximum atomic E-state index is 6.06. The van der Waals surface area contributed by atoms with Gasteiger partial charge in [0.1, 0.15) is 17.2 Å². The van der Waals surface area contributed by atoms with Crippen LogP contribution in [-0.2, 0) is 0 Å². The molecule has 0 atom stereocenters. The predicted octanol–water partition coefficient (Wildman–Crippen LogP) is 5.71. The van der Waals surface area contributed by atoms with Crippen molar-refractivity contribution < 1.29 is 0 Å². The number of hydrogen-bond acceptors (Lipinski definition) is 2. The minimum absolute atomic E-state index is 0.533. The number of halogens is 1. The summed E-state index contributed by atoms with van der Waals surface area (Å²) in [7, 11) is 0. The summed E-state index contributed by atoms with van der Waals surface area (Å²) in [5.74, 6) is 1.10. The summed E-state index contributed by atoms with van der Waals surface area (Å²) >= 11 is 6.06. The maximum Gasteiger partial charge on any atom is 0.142 e. The van der Waals surface area contributed by atoms with Crippen LogP contribution in [0.5, 0.6) is 0 Å². The molecule has 1 N–H and O–H groups in total. The molecule has 3 aromatic rings. The van der Waals surface area contributed by atoms with Crippen LogP contribution in [0.3, 0.4) is 0 Å². The topological polar surface area (TPSA) is 29.3 Å². The van der Waals surface area contributed by atoms with Gasteiger partial charge in [-0.3, -0.25) is 4.40 Å². The summed E-state index contributed by atoms with van der Waals surface area (Å²) in [5, 5.41) is 4.53. The number of nitrogens with one attached hydrogen (secondary N) is 1. The highest BCUT2D eigenvalue weighted by molar-refractivity contribution is 6.30. The number of nitrogens with zero attached hydrogens (tertiary/aromatic N) is 2. The molecule has 0 aliphatic heterocycles. The van der Waals surface area contributed by atoms with E-state index in [1.165, 1.54) is 37.7 Å². The minimum Gasteiger partial charge on any atom is -0.367 e. The van der Waals surface area contributed by atoms with E-state index < -0.39 is 0 Å². The number of pyridine rings is 1. The van der Waals surface area contributed by atoms with Crippen LogP contribution in [0.25, 0.3) is 16.9 Å². The number of fused-ring (bicyclic) bond motifs is 1. The van der Waals surface area contributed by atoms with Crippen LogP contribution in [0.15, 0.2) is 42.6 Å². The Morgan fingerprint density at radius 1 is 1.08 bits per heavy atom. The summed E-state index contributed by atoms with van der Waals surface area (Å²) in [6.45, 7) is 2.11. The molecule has 2 heterocycles. The van der Waals surface area contributed by atoms with Crippen LogP contribution < -0.4 is 5.32 Å². The number of hydrogen-bond donors (Lipinski definition) is 1. The lowest BCUT2D eigenvalue weighted by Crippen LogP contribution is -2.23. The molecule has 4 heteroatoms. The van der Waals surface area contributed by atoms with Gasteiger partial charge >= 0.3 is 0 Å². The Bertz CT molecular complexity index is 845. The third-order valence-electron chi connectivity index (χ3n) is 4.91. The molecule has 0 saturated heterocycles. The summed E-state index contributed by atoms with van der Waals surface area (Å²) in [6.07, 6.45) is 8.54. The fourth-order valence-electron chi connectivity index (χ4n) is 3.59. The Hall–Kier alpha value is -2.00. The van der Waals surface area contributed by atoms with E-state index in [0.717, 1.165) is 27.7 Å². The van der Waals surface area contributed by atoms with Crippen molar-refractivity contribution in [3.05, 3.63) is 53.2 Å². The quantitative estimate of drug-likeness (QED) is 0.662. The molecule has 2 aromatic heterocycles. The average molecular weight is 340 g/mol. The van der Waals surface area contributed by atoms with Crippen molar-refractivity contribution in [3.8, 4) is 11.3 Å². The molecule has 0 unspecified atom stereocenters. The van der Waals surface area contributed by atoms with E-state index in [4.69, 9.17) is 16.6 Å². The summed E-state index contributed by atoms with van der Waals surface area (Å²) in [6, 6.07) is 12.7. The zero-order chi connectivity index (χ0) is 16.5. The Morgan fingerprint density at radius 2 is 1.83 bits per heavy atom. The van der Waals surface area contributed by atoms with E-state index in [-0.39, 0.29) is 0 Å². The molecule has 24 heavy (non-hydrogen) atoms. The molecular weight excluding hydrogens is 318 g/mol. The third-order valence-corrected chi connectivity index (χ3v) is 5.16. The average Bonchev–Trinajstić information content (AvgIpc) is 2.97. The number of imidazole rings is 1. The van der Waals surface area contributed by atoms with Crippen molar-refractivity contribution in [3.63, 3.8) is 0 Å². The van der Waals surface area contributed by atoms with Crippen molar-refractivity contribution in [2.45, 2.75) is 45.1 Å². The number of rotatable bonds is 3. The van der Waals surface area contributed by atoms with E-state index in [9.17, 15) is 0 Å². The highest BCUT2D eigenvalue weighted by Gasteiger charge is 2.20. The lowest BCUT2D eigenvalue weighted by atomic mass is 9.95. The van der Waals surface area contributed by atoms with Gasteiger partial charge in [-0.1, -0.05) is 49.1 Å². The van der Waals surface area contributed by atoms with E-state index in [1.54, 1.807) is 0 Å². The molecule has 0 amide bonds. The fourth-order valence-corrected chi connectivity index (χ4v) is 3.72. The smallest absolute Gasteiger partial charge is 0.142 e. The van der Waals surface area contributed by atoms with Crippen molar-refractivity contribution in [1.82, 2.24) is 9.38 Å². The van der Waals surface area contributed by atoms with Gasteiger partial charge in [0.2, 0.25) is 0 Å². The molecule has 4 rings (SSSR count). The van der Waals surface area contributed by atoms with Crippen molar-refractivity contribution >= 4 is 23.1 Å². The van der Waals surface area contributed by atoms with Crippen LogP contribution in [0.2, 0.25) is 5.02 Å². The van der Waals surface area contributed by atoms with Gasteiger partial charge in [0.05, 0.1) is 0 Å². The van der Waals surface area contributed by atoms with Gasteiger partial charge in [0.25, 0.3) is 0 Å². The molecule has 1 fully saturated rings. The molecule has 1 aliphatic carbocycles. The number of benzene rings is 1. The lowest BCUT2D eigenvalue weighted by molar-refractivity contribution is 0.462. The van der Waals surface area contributed by atoms with Crippen LogP contribution in [0, 0.1) is 6.92 Å². The first-order valence-electron chi connectivity index (χ1n) is 8.72. The SMILES string of the molecule is Cc1cccn2c(NC3CCCCC3)c(-c3ccc(Cl)cc3)nc12. The van der Waals surface area contributed by atoms with Crippen molar-refractivity contribution in [2.75, 3.05) is 5.32 Å². The van der Waals surface area contributed by atoms with E-state index in [0.29, 0.717) is 6.04 Å². The molecule has 1 saturated carbocycles. The molecule has 0 radical (unpaired) electrons. The second-order valence-corrected chi connectivity index (χ2v) is 7.12. The minimum atomic E-state index is 0.533. The largest absolute Gasteiger partial charge is 0.367 e. The van der Waals surface area contributed by atoms with Gasteiger partial charge in [-0.25, -0.2) is 4.98 Å². The third kappa shape index (κ3) is 2.89. The van der Waals surface area contributed by atoms with E-state index in [2.05, 4.69) is 35.0 Å². The lowest BCUT2D eigenvalue weighted by Gasteiger charge is -2.24. The monoisotopic (exact) mass is 339 g/mol. The van der Waals surface area contributed by atoms with Crippen molar-refractivity contribution in [2.24, 2.45) is 0 Å². The zero-order valence-electron chi connectivity index (χ0n) is 13.9. The Morgan fingerprint density at radius 3 is 2.58 bits per heavy atom. The highest BCUT2D eigenvalue weighted by atomic mass is 35.5. The van der Waals surface area contributed by atoms with Crippen molar-refractivity contribution in [1.29, 1.82) is 0 Å². The fraction of sp³-hybridized carbons (Fsp3) is 0.350. The second-order valence-electron chi connectivity index (χ2n) is 6.68. The number of aryl methyl sites for hydroxylation is 1. The van der Waals surface area contributed by atoms with Gasteiger partial charge in [0.15, 0.2) is 0 Å². The molecule has 124 valence electrons. The molecule has 1 aromatic carbocycles. The Labute approximate surface area is 147 Å². The molecule has 3 nitrogen and oxygen atoms in total. The second kappa shape index (κ2) is 6.48. The van der Waals surface area contributed by atoms with Gasteiger partial charge < -0.3 is 5.32 Å². The van der Waals surface area contributed by atoms with Crippen LogP contribution in [0.1, 0.15) is 37.7 Å². The van der Waals surface area contributed by atoms with Crippen LogP contribution >= 0.6 is 11.6 Å². The first kappa shape index (κ1) is 15.5. The Balaban J connectivity index is 1.83. The molecule has 0 bridgehead atoms. The highest BCUT2D eigenvalue weighted by Crippen LogP contribution is 2.32. The van der Waals surface area contributed by atoms with Gasteiger partial charge in [-0.15, -0.1) is 0 Å². The number of aromatic nitrogens is 2. The van der Waals surface area contributed by atoms with Gasteiger partial charge in [0, 0.05) is 22.8 Å². The van der Waals surface area contributed by atoms with Crippen LogP contribution in [0.4, 0.5) is 5.82 Å². The number of anilines is 1. The normalized spacial score (nSPS) is 15.8. The predicted molar refractivity (Wildman–Crippen MR) is 101 cm³/mol. The summed E-state index contributed by atoms with van der Waals surface area (Å²) < 4.78 is 2.19. The van der Waals surface area contributed by atoms with E-state index in [1.807, 2.05) is 24.3 Å². The standard InChI is InChI=1S/C20H22ClN3/c1-14-6-5-13-24-19(14)23-18(15-9-11-16(21)12-10-15)20(24)22-17-7-3-2-4-8-17/h5-6,9-13,17,22H,2-4,7-8H2,1H3. The van der Waals surface area contributed by atoms with Crippen LogP contribution in [-0.4, -0.2) is 15.4 Å².